The number of allylic oxidation sites excluding steroid dienone is 1. The predicted octanol–water partition coefficient (Wildman–Crippen LogP) is 3.12. The highest BCUT2D eigenvalue weighted by Gasteiger charge is 2.29. The van der Waals surface area contributed by atoms with E-state index in [4.69, 9.17) is 18.9 Å². The lowest BCUT2D eigenvalue weighted by Gasteiger charge is -2.33. The summed E-state index contributed by atoms with van der Waals surface area (Å²) < 4.78 is 22.3. The maximum atomic E-state index is 12.9. The highest BCUT2D eigenvalue weighted by atomic mass is 16.5. The van der Waals surface area contributed by atoms with E-state index in [1.165, 1.54) is 0 Å². The van der Waals surface area contributed by atoms with Crippen LogP contribution in [0.2, 0.25) is 0 Å². The summed E-state index contributed by atoms with van der Waals surface area (Å²) in [5, 5.41) is 3.01. The molecule has 2 rings (SSSR count). The Balaban J connectivity index is 1.97. The Morgan fingerprint density at radius 3 is 2.68 bits per heavy atom. The number of amides is 1. The Bertz CT molecular complexity index is 625. The van der Waals surface area contributed by atoms with E-state index in [0.29, 0.717) is 31.6 Å². The number of hydrogen-bond acceptors (Lipinski definition) is 6. The standard InChI is InChI=1S/C24H42N2O5/c1-7-21-14-20(24(3,4)17-30-13-12-28-6)15-22(31-21)25-23(27)18(2)26(5)16-19-8-10-29-11-9-19/h14-15,18-19,21H,7-13,16-17H2,1-6H3,(H,25,27). The molecule has 0 spiro atoms. The lowest BCUT2D eigenvalue weighted by molar-refractivity contribution is -0.126. The van der Waals surface area contributed by atoms with Crippen molar-refractivity contribution in [2.24, 2.45) is 11.3 Å². The molecule has 2 unspecified atom stereocenters. The van der Waals surface area contributed by atoms with E-state index < -0.39 is 0 Å². The van der Waals surface area contributed by atoms with Crippen LogP contribution in [-0.4, -0.2) is 76.7 Å². The number of likely N-dealkylation sites (N-methyl/N-ethyl adjacent to an activating group) is 1. The van der Waals surface area contributed by atoms with Crippen LogP contribution in [0.4, 0.5) is 0 Å². The van der Waals surface area contributed by atoms with E-state index in [0.717, 1.165) is 44.6 Å². The van der Waals surface area contributed by atoms with Gasteiger partial charge in [-0.05, 0) is 50.8 Å². The number of nitrogens with one attached hydrogen (secondary N) is 1. The molecule has 0 aliphatic carbocycles. The van der Waals surface area contributed by atoms with E-state index in [-0.39, 0.29) is 23.5 Å². The molecular weight excluding hydrogens is 396 g/mol. The van der Waals surface area contributed by atoms with Crippen LogP contribution in [0, 0.1) is 11.3 Å². The number of rotatable bonds is 12. The van der Waals surface area contributed by atoms with Gasteiger partial charge in [0.15, 0.2) is 5.88 Å². The van der Waals surface area contributed by atoms with Gasteiger partial charge >= 0.3 is 0 Å². The van der Waals surface area contributed by atoms with E-state index in [1.807, 2.05) is 20.0 Å². The summed E-state index contributed by atoms with van der Waals surface area (Å²) >= 11 is 0. The monoisotopic (exact) mass is 438 g/mol. The van der Waals surface area contributed by atoms with Crippen LogP contribution in [0.15, 0.2) is 23.6 Å². The summed E-state index contributed by atoms with van der Waals surface area (Å²) in [5.41, 5.74) is 0.911. The Morgan fingerprint density at radius 2 is 2.03 bits per heavy atom. The average molecular weight is 439 g/mol. The van der Waals surface area contributed by atoms with Crippen molar-refractivity contribution in [3.63, 3.8) is 0 Å². The average Bonchev–Trinajstić information content (AvgIpc) is 2.76. The number of carbonyl (C=O) groups is 1. The second kappa shape index (κ2) is 12.6. The number of methoxy groups -OCH3 is 1. The van der Waals surface area contributed by atoms with Crippen molar-refractivity contribution in [1.82, 2.24) is 10.2 Å². The van der Waals surface area contributed by atoms with Gasteiger partial charge in [-0.25, -0.2) is 0 Å². The van der Waals surface area contributed by atoms with Crippen molar-refractivity contribution in [3.05, 3.63) is 23.6 Å². The lowest BCUT2D eigenvalue weighted by Crippen LogP contribution is -2.46. The van der Waals surface area contributed by atoms with Crippen molar-refractivity contribution in [3.8, 4) is 0 Å². The zero-order valence-corrected chi connectivity index (χ0v) is 20.2. The Morgan fingerprint density at radius 1 is 1.32 bits per heavy atom. The van der Waals surface area contributed by atoms with Crippen LogP contribution in [0.1, 0.15) is 47.0 Å². The Labute approximate surface area is 188 Å². The molecule has 1 amide bonds. The minimum absolute atomic E-state index is 0.0499. The van der Waals surface area contributed by atoms with E-state index in [1.54, 1.807) is 7.11 Å². The first-order valence-electron chi connectivity index (χ1n) is 11.5. The summed E-state index contributed by atoms with van der Waals surface area (Å²) in [6, 6.07) is -0.243. The predicted molar refractivity (Wildman–Crippen MR) is 122 cm³/mol. The molecule has 0 aromatic rings. The minimum atomic E-state index is -0.243. The molecule has 2 aliphatic heterocycles. The molecule has 7 nitrogen and oxygen atoms in total. The van der Waals surface area contributed by atoms with Crippen molar-refractivity contribution < 1.29 is 23.7 Å². The topological polar surface area (TPSA) is 69.3 Å². The Kier molecular flexibility index (Phi) is 10.5. The number of hydrogen-bond donors (Lipinski definition) is 1. The fourth-order valence-electron chi connectivity index (χ4n) is 3.78. The third kappa shape index (κ3) is 8.22. The van der Waals surface area contributed by atoms with Crippen LogP contribution in [0.25, 0.3) is 0 Å². The van der Waals surface area contributed by atoms with Gasteiger partial charge in [-0.1, -0.05) is 20.8 Å². The van der Waals surface area contributed by atoms with Crippen molar-refractivity contribution in [2.45, 2.75) is 59.1 Å². The van der Waals surface area contributed by atoms with Crippen LogP contribution >= 0.6 is 0 Å². The fourth-order valence-corrected chi connectivity index (χ4v) is 3.78. The van der Waals surface area contributed by atoms with Crippen molar-refractivity contribution >= 4 is 5.91 Å². The van der Waals surface area contributed by atoms with Gasteiger partial charge in [0.2, 0.25) is 5.91 Å². The molecule has 0 aromatic heterocycles. The quantitative estimate of drug-likeness (QED) is 0.472. The second-order valence-electron chi connectivity index (χ2n) is 9.28. The first kappa shape index (κ1) is 25.8. The molecule has 2 heterocycles. The molecule has 0 bridgehead atoms. The van der Waals surface area contributed by atoms with E-state index in [9.17, 15) is 4.79 Å². The van der Waals surface area contributed by atoms with Gasteiger partial charge in [0.25, 0.3) is 0 Å². The van der Waals surface area contributed by atoms with Crippen LogP contribution in [0.5, 0.6) is 0 Å². The highest BCUT2D eigenvalue weighted by molar-refractivity contribution is 5.82. The molecule has 31 heavy (non-hydrogen) atoms. The molecule has 178 valence electrons. The molecule has 1 saturated heterocycles. The number of nitrogens with zero attached hydrogens (tertiary/aromatic N) is 1. The SMILES string of the molecule is CCC1C=C(C(C)(C)COCCOC)C=C(NC(=O)C(C)N(C)CC2CCOCC2)O1. The lowest BCUT2D eigenvalue weighted by atomic mass is 9.83. The second-order valence-corrected chi connectivity index (χ2v) is 9.28. The maximum absolute atomic E-state index is 12.9. The first-order valence-corrected chi connectivity index (χ1v) is 11.5. The van der Waals surface area contributed by atoms with Crippen molar-refractivity contribution in [2.75, 3.05) is 53.7 Å². The smallest absolute Gasteiger partial charge is 0.243 e. The zero-order chi connectivity index (χ0) is 22.9. The molecule has 7 heteroatoms. The first-order chi connectivity index (χ1) is 14.8. The maximum Gasteiger partial charge on any atom is 0.243 e. The molecule has 1 fully saturated rings. The molecular formula is C24H42N2O5. The van der Waals surface area contributed by atoms with Gasteiger partial charge in [0.05, 0.1) is 25.9 Å². The largest absolute Gasteiger partial charge is 0.471 e. The van der Waals surface area contributed by atoms with Crippen LogP contribution in [0.3, 0.4) is 0 Å². The molecule has 2 atom stereocenters. The minimum Gasteiger partial charge on any atom is -0.471 e. The Hall–Kier alpha value is -1.41. The molecule has 0 radical (unpaired) electrons. The number of carbonyl (C=O) groups excluding carboxylic acids is 1. The molecule has 1 N–H and O–H groups in total. The van der Waals surface area contributed by atoms with Gasteiger partial charge in [-0.15, -0.1) is 0 Å². The summed E-state index contributed by atoms with van der Waals surface area (Å²) in [7, 11) is 3.68. The zero-order valence-electron chi connectivity index (χ0n) is 20.2. The van der Waals surface area contributed by atoms with Crippen molar-refractivity contribution in [1.29, 1.82) is 0 Å². The summed E-state index contributed by atoms with van der Waals surface area (Å²) in [6.45, 7) is 12.5. The third-order valence-corrected chi connectivity index (χ3v) is 6.18. The van der Waals surface area contributed by atoms with Crippen LogP contribution in [-0.2, 0) is 23.7 Å². The summed E-state index contributed by atoms with van der Waals surface area (Å²) in [5.74, 6) is 1.05. The number of ether oxygens (including phenoxy) is 4. The van der Waals surface area contributed by atoms with Gasteiger partial charge in [0.1, 0.15) is 6.10 Å². The molecule has 0 saturated carbocycles. The van der Waals surface area contributed by atoms with Crippen LogP contribution < -0.4 is 5.32 Å². The van der Waals surface area contributed by atoms with Gasteiger partial charge < -0.3 is 18.9 Å². The van der Waals surface area contributed by atoms with E-state index >= 15 is 0 Å². The third-order valence-electron chi connectivity index (χ3n) is 6.18. The normalized spacial score (nSPS) is 21.3. The summed E-state index contributed by atoms with van der Waals surface area (Å²) in [4.78, 5) is 15.1. The fraction of sp³-hybridized carbons (Fsp3) is 0.792. The molecule has 2 aliphatic rings. The summed E-state index contributed by atoms with van der Waals surface area (Å²) in [6.07, 6.45) is 6.95. The van der Waals surface area contributed by atoms with E-state index in [2.05, 4.69) is 37.1 Å². The highest BCUT2D eigenvalue weighted by Crippen LogP contribution is 2.32. The van der Waals surface area contributed by atoms with Gasteiger partial charge in [0, 0.05) is 38.4 Å². The van der Waals surface area contributed by atoms with Gasteiger partial charge in [-0.2, -0.15) is 0 Å². The molecule has 0 aromatic carbocycles. The van der Waals surface area contributed by atoms with Gasteiger partial charge in [-0.3, -0.25) is 15.0 Å².